The van der Waals surface area contributed by atoms with Gasteiger partial charge in [-0.25, -0.2) is 4.98 Å². The summed E-state index contributed by atoms with van der Waals surface area (Å²) in [4.78, 5) is 14.1. The summed E-state index contributed by atoms with van der Waals surface area (Å²) in [5.74, 6) is -0.748. The molecule has 9 heteroatoms. The lowest BCUT2D eigenvalue weighted by molar-refractivity contribution is -0.137. The predicted molar refractivity (Wildman–Crippen MR) is 58.0 cm³/mol. The third-order valence-electron chi connectivity index (χ3n) is 1.81. The monoisotopic (exact) mass is 266 g/mol. The fraction of sp³-hybridized carbons (Fsp3) is 0.500. The Kier molecular flexibility index (Phi) is 6.39. The average molecular weight is 266 g/mol. The predicted octanol–water partition coefficient (Wildman–Crippen LogP) is 0.656. The minimum absolute atomic E-state index is 0.208. The Balaban J connectivity index is 0.000000437. The van der Waals surface area contributed by atoms with E-state index in [1.807, 2.05) is 17.7 Å². The van der Waals surface area contributed by atoms with Crippen molar-refractivity contribution in [3.63, 3.8) is 0 Å². The fourth-order valence-corrected chi connectivity index (χ4v) is 1.01. The zero-order valence-electron chi connectivity index (χ0n) is 9.09. The molecule has 17 heavy (non-hydrogen) atoms. The molecule has 1 atom stereocenters. The first-order valence-corrected chi connectivity index (χ1v) is 5.99. The van der Waals surface area contributed by atoms with Crippen molar-refractivity contribution in [2.24, 2.45) is 0 Å². The van der Waals surface area contributed by atoms with Crippen LogP contribution in [0.2, 0.25) is 0 Å². The standard InChI is InChI=1S/C8H12N2O2.H2O4S/c1-7(2-3-8(11)12)10-5-4-9-6-10;1-5(2,3)4/h4-7H,2-3H2,1H3,(H,11,12);(H2,1,2,3,4). The summed E-state index contributed by atoms with van der Waals surface area (Å²) in [6, 6.07) is 0.212. The van der Waals surface area contributed by atoms with Crippen LogP contribution in [0.5, 0.6) is 0 Å². The minimum atomic E-state index is -4.67. The van der Waals surface area contributed by atoms with Gasteiger partial charge in [-0.2, -0.15) is 8.42 Å². The maximum atomic E-state index is 10.2. The van der Waals surface area contributed by atoms with Gasteiger partial charge in [-0.3, -0.25) is 13.9 Å². The fourth-order valence-electron chi connectivity index (χ4n) is 1.01. The van der Waals surface area contributed by atoms with Crippen LogP contribution in [0.4, 0.5) is 0 Å². The third-order valence-corrected chi connectivity index (χ3v) is 1.81. The second-order valence-corrected chi connectivity index (χ2v) is 4.13. The summed E-state index contributed by atoms with van der Waals surface area (Å²) < 4.78 is 33.5. The maximum absolute atomic E-state index is 10.2. The first kappa shape index (κ1) is 15.6. The highest BCUT2D eigenvalue weighted by Gasteiger charge is 2.05. The van der Waals surface area contributed by atoms with Crippen molar-refractivity contribution in [1.82, 2.24) is 9.55 Å². The number of rotatable bonds is 4. The highest BCUT2D eigenvalue weighted by molar-refractivity contribution is 7.79. The average Bonchev–Trinajstić information content (AvgIpc) is 2.63. The Hall–Kier alpha value is -1.45. The quantitative estimate of drug-likeness (QED) is 0.682. The summed E-state index contributed by atoms with van der Waals surface area (Å²) in [5.41, 5.74) is 0. The number of hydrogen-bond acceptors (Lipinski definition) is 4. The topological polar surface area (TPSA) is 130 Å². The van der Waals surface area contributed by atoms with Crippen LogP contribution in [0.3, 0.4) is 0 Å². The number of aliphatic carboxylic acids is 1. The van der Waals surface area contributed by atoms with Crippen molar-refractivity contribution in [3.05, 3.63) is 18.7 Å². The van der Waals surface area contributed by atoms with Crippen molar-refractivity contribution >= 4 is 16.4 Å². The van der Waals surface area contributed by atoms with Crippen LogP contribution in [0, 0.1) is 0 Å². The molecule has 1 heterocycles. The normalized spacial score (nSPS) is 12.4. The van der Waals surface area contributed by atoms with Gasteiger partial charge in [0.1, 0.15) is 0 Å². The molecule has 0 spiro atoms. The number of carbonyl (C=O) groups is 1. The summed E-state index contributed by atoms with van der Waals surface area (Å²) in [5, 5.41) is 8.44. The second kappa shape index (κ2) is 6.99. The molecule has 0 aliphatic heterocycles. The molecule has 0 aromatic carbocycles. The van der Waals surface area contributed by atoms with Crippen LogP contribution < -0.4 is 0 Å². The molecule has 98 valence electrons. The van der Waals surface area contributed by atoms with Gasteiger partial charge in [-0.1, -0.05) is 0 Å². The van der Waals surface area contributed by atoms with Gasteiger partial charge in [0, 0.05) is 24.9 Å². The molecule has 1 aromatic rings. The summed E-state index contributed by atoms with van der Waals surface area (Å²) >= 11 is 0. The number of aromatic nitrogens is 2. The van der Waals surface area contributed by atoms with Gasteiger partial charge in [0.25, 0.3) is 0 Å². The molecule has 1 aromatic heterocycles. The molecule has 0 bridgehead atoms. The van der Waals surface area contributed by atoms with Crippen molar-refractivity contribution < 1.29 is 27.4 Å². The zero-order valence-corrected chi connectivity index (χ0v) is 9.91. The molecule has 0 saturated heterocycles. The van der Waals surface area contributed by atoms with Gasteiger partial charge >= 0.3 is 16.4 Å². The van der Waals surface area contributed by atoms with E-state index in [9.17, 15) is 4.79 Å². The molecule has 0 amide bonds. The van der Waals surface area contributed by atoms with Crippen LogP contribution in [-0.4, -0.2) is 38.2 Å². The van der Waals surface area contributed by atoms with Gasteiger partial charge in [0.15, 0.2) is 0 Å². The number of hydrogen-bond donors (Lipinski definition) is 3. The van der Waals surface area contributed by atoms with Crippen molar-refractivity contribution in [1.29, 1.82) is 0 Å². The zero-order chi connectivity index (χ0) is 13.5. The molecule has 1 rings (SSSR count). The van der Waals surface area contributed by atoms with Gasteiger partial charge in [0.05, 0.1) is 6.33 Å². The lowest BCUT2D eigenvalue weighted by Gasteiger charge is -2.10. The summed E-state index contributed by atoms with van der Waals surface area (Å²) in [7, 11) is -4.67. The van der Waals surface area contributed by atoms with E-state index < -0.39 is 16.4 Å². The third kappa shape index (κ3) is 10.8. The highest BCUT2D eigenvalue weighted by atomic mass is 32.3. The molecular weight excluding hydrogens is 252 g/mol. The first-order valence-electron chi connectivity index (χ1n) is 4.59. The Labute approximate surface area is 98.5 Å². The minimum Gasteiger partial charge on any atom is -0.481 e. The molecule has 8 nitrogen and oxygen atoms in total. The van der Waals surface area contributed by atoms with E-state index in [2.05, 4.69) is 4.98 Å². The van der Waals surface area contributed by atoms with Gasteiger partial charge in [-0.15, -0.1) is 0 Å². The molecule has 0 aliphatic rings. The van der Waals surface area contributed by atoms with Gasteiger partial charge in [-0.05, 0) is 13.3 Å². The van der Waals surface area contributed by atoms with E-state index in [1.165, 1.54) is 0 Å². The molecule has 1 unspecified atom stereocenters. The van der Waals surface area contributed by atoms with Gasteiger partial charge < -0.3 is 9.67 Å². The van der Waals surface area contributed by atoms with E-state index in [-0.39, 0.29) is 12.5 Å². The lowest BCUT2D eigenvalue weighted by Crippen LogP contribution is -2.05. The first-order chi connectivity index (χ1) is 7.70. The van der Waals surface area contributed by atoms with E-state index in [0.29, 0.717) is 6.42 Å². The van der Waals surface area contributed by atoms with E-state index >= 15 is 0 Å². The molecule has 0 saturated carbocycles. The number of carboxylic acid groups (broad SMARTS) is 1. The molecule has 3 N–H and O–H groups in total. The smallest absolute Gasteiger partial charge is 0.394 e. The summed E-state index contributed by atoms with van der Waals surface area (Å²) in [6.07, 6.45) is 6.08. The maximum Gasteiger partial charge on any atom is 0.394 e. The molecule has 0 aliphatic carbocycles. The lowest BCUT2D eigenvalue weighted by atomic mass is 10.2. The van der Waals surface area contributed by atoms with E-state index in [0.717, 1.165) is 0 Å². The molecule has 0 fully saturated rings. The Morgan fingerprint density at radius 2 is 2.00 bits per heavy atom. The molecular formula is C8H14N2O6S. The Bertz CT molecular complexity index is 419. The van der Waals surface area contributed by atoms with Crippen molar-refractivity contribution in [2.75, 3.05) is 0 Å². The Morgan fingerprint density at radius 3 is 2.35 bits per heavy atom. The SMILES string of the molecule is CC(CCC(=O)O)n1ccnc1.O=S(=O)(O)O. The van der Waals surface area contributed by atoms with Gasteiger partial charge in [0.2, 0.25) is 0 Å². The number of nitrogens with zero attached hydrogens (tertiary/aromatic N) is 2. The highest BCUT2D eigenvalue weighted by Crippen LogP contribution is 2.11. The van der Waals surface area contributed by atoms with Crippen LogP contribution >= 0.6 is 0 Å². The largest absolute Gasteiger partial charge is 0.481 e. The second-order valence-electron chi connectivity index (χ2n) is 3.24. The van der Waals surface area contributed by atoms with Crippen LogP contribution in [-0.2, 0) is 15.2 Å². The van der Waals surface area contributed by atoms with E-state index in [1.54, 1.807) is 12.5 Å². The number of carboxylic acids is 1. The van der Waals surface area contributed by atoms with Crippen molar-refractivity contribution in [2.45, 2.75) is 25.8 Å². The van der Waals surface area contributed by atoms with Crippen LogP contribution in [0.15, 0.2) is 18.7 Å². The van der Waals surface area contributed by atoms with Crippen LogP contribution in [0.1, 0.15) is 25.8 Å². The van der Waals surface area contributed by atoms with Crippen LogP contribution in [0.25, 0.3) is 0 Å². The van der Waals surface area contributed by atoms with Crippen molar-refractivity contribution in [3.8, 4) is 0 Å². The summed E-state index contributed by atoms with van der Waals surface area (Å²) in [6.45, 7) is 1.98. The number of imidazole rings is 1. The molecule has 0 radical (unpaired) electrons. The Morgan fingerprint density at radius 1 is 1.47 bits per heavy atom. The van der Waals surface area contributed by atoms with E-state index in [4.69, 9.17) is 22.6 Å².